The summed E-state index contributed by atoms with van der Waals surface area (Å²) in [5.41, 5.74) is 6.65. The van der Waals surface area contributed by atoms with Crippen LogP contribution in [-0.4, -0.2) is 22.0 Å². The summed E-state index contributed by atoms with van der Waals surface area (Å²) in [6, 6.07) is 13.8. The van der Waals surface area contributed by atoms with E-state index < -0.39 is 11.8 Å². The van der Waals surface area contributed by atoms with Gasteiger partial charge >= 0.3 is 0 Å². The molecule has 8 nitrogen and oxygen atoms in total. The highest BCUT2D eigenvalue weighted by Crippen LogP contribution is 2.18. The number of nitrogens with one attached hydrogen (secondary N) is 2. The molecule has 0 aliphatic carbocycles. The predicted octanol–water partition coefficient (Wildman–Crippen LogP) is 2.59. The number of hydrogen-bond acceptors (Lipinski definition) is 6. The monoisotopic (exact) mass is 380 g/mol. The van der Waals surface area contributed by atoms with Crippen LogP contribution in [0.1, 0.15) is 44.9 Å². The lowest BCUT2D eigenvalue weighted by molar-refractivity contribution is 0.0844. The van der Waals surface area contributed by atoms with Crippen LogP contribution in [0.25, 0.3) is 0 Å². The fraction of sp³-hybridized carbons (Fsp3) is 0.200. The van der Waals surface area contributed by atoms with Crippen LogP contribution in [0.15, 0.2) is 53.1 Å². The van der Waals surface area contributed by atoms with Gasteiger partial charge in [-0.1, -0.05) is 36.3 Å². The molecule has 0 spiro atoms. The van der Waals surface area contributed by atoms with Gasteiger partial charge in [0.15, 0.2) is 6.61 Å². The average molecular weight is 380 g/mol. The van der Waals surface area contributed by atoms with Gasteiger partial charge in [0.25, 0.3) is 11.8 Å². The predicted molar refractivity (Wildman–Crippen MR) is 101 cm³/mol. The molecular weight excluding hydrogens is 360 g/mol. The van der Waals surface area contributed by atoms with Gasteiger partial charge in [-0.3, -0.25) is 20.4 Å². The number of ether oxygens (including phenoxy) is 1. The van der Waals surface area contributed by atoms with Gasteiger partial charge in [0, 0.05) is 12.5 Å². The maximum Gasteiger partial charge on any atom is 0.273 e. The highest BCUT2D eigenvalue weighted by molar-refractivity contribution is 6.00. The van der Waals surface area contributed by atoms with Crippen LogP contribution in [0, 0.1) is 6.92 Å². The van der Waals surface area contributed by atoms with Gasteiger partial charge in [0.2, 0.25) is 11.7 Å². The molecule has 0 bridgehead atoms. The zero-order valence-electron chi connectivity index (χ0n) is 15.6. The first-order valence-corrected chi connectivity index (χ1v) is 8.77. The van der Waals surface area contributed by atoms with Crippen molar-refractivity contribution in [1.29, 1.82) is 0 Å². The Kier molecular flexibility index (Phi) is 6.01. The third kappa shape index (κ3) is 4.73. The van der Waals surface area contributed by atoms with Crippen molar-refractivity contribution in [3.05, 3.63) is 76.9 Å². The lowest BCUT2D eigenvalue weighted by Gasteiger charge is -2.11. The normalized spacial score (nSPS) is 10.4. The van der Waals surface area contributed by atoms with Crippen molar-refractivity contribution < 1.29 is 18.8 Å². The van der Waals surface area contributed by atoms with Gasteiger partial charge < -0.3 is 9.26 Å². The summed E-state index contributed by atoms with van der Waals surface area (Å²) >= 11 is 0. The summed E-state index contributed by atoms with van der Waals surface area (Å²) in [4.78, 5) is 28.7. The molecule has 2 aromatic carbocycles. The van der Waals surface area contributed by atoms with Gasteiger partial charge in [-0.15, -0.1) is 0 Å². The van der Waals surface area contributed by atoms with E-state index in [-0.39, 0.29) is 12.2 Å². The molecule has 28 heavy (non-hydrogen) atoms. The van der Waals surface area contributed by atoms with E-state index in [9.17, 15) is 9.59 Å². The van der Waals surface area contributed by atoms with Crippen molar-refractivity contribution in [2.24, 2.45) is 0 Å². The maximum absolute atomic E-state index is 12.5. The molecule has 0 saturated carbocycles. The molecule has 8 heteroatoms. The highest BCUT2D eigenvalue weighted by Gasteiger charge is 2.14. The number of carbonyl (C=O) groups excluding carboxylic acids is 2. The standard InChI is InChI=1S/C20H20N4O4/c1-3-14-8-10-15(11-9-14)19(25)22-23-20(26)16-6-4-5-7-17(16)27-12-18-21-13(2)28-24-18/h4-11H,3,12H2,1-2H3,(H,22,25)(H,23,26). The molecule has 1 heterocycles. The van der Waals surface area contributed by atoms with Gasteiger partial charge in [-0.25, -0.2) is 0 Å². The quantitative estimate of drug-likeness (QED) is 0.637. The second kappa shape index (κ2) is 8.81. The minimum atomic E-state index is -0.501. The number of carbonyl (C=O) groups is 2. The lowest BCUT2D eigenvalue weighted by Crippen LogP contribution is -2.41. The summed E-state index contributed by atoms with van der Waals surface area (Å²) in [5, 5.41) is 3.74. The Labute approximate surface area is 161 Å². The summed E-state index contributed by atoms with van der Waals surface area (Å²) in [6.07, 6.45) is 0.888. The minimum absolute atomic E-state index is 0.0533. The van der Waals surface area contributed by atoms with Crippen molar-refractivity contribution in [2.75, 3.05) is 0 Å². The topological polar surface area (TPSA) is 106 Å². The second-order valence-corrected chi connectivity index (χ2v) is 5.97. The van der Waals surface area contributed by atoms with Crippen LogP contribution in [0.4, 0.5) is 0 Å². The van der Waals surface area contributed by atoms with E-state index in [4.69, 9.17) is 9.26 Å². The average Bonchev–Trinajstić information content (AvgIpc) is 3.15. The molecule has 0 saturated heterocycles. The van der Waals surface area contributed by atoms with Crippen molar-refractivity contribution in [2.45, 2.75) is 26.9 Å². The summed E-state index contributed by atoms with van der Waals surface area (Å²) in [6.45, 7) is 3.77. The smallest absolute Gasteiger partial charge is 0.273 e. The number of amides is 2. The number of hydrogen-bond donors (Lipinski definition) is 2. The summed E-state index contributed by atoms with van der Waals surface area (Å²) in [7, 11) is 0. The van der Waals surface area contributed by atoms with Crippen LogP contribution in [0.5, 0.6) is 5.75 Å². The maximum atomic E-state index is 12.5. The fourth-order valence-corrected chi connectivity index (χ4v) is 2.47. The Bertz CT molecular complexity index is 966. The summed E-state index contributed by atoms with van der Waals surface area (Å²) in [5.74, 6) is 0.231. The fourth-order valence-electron chi connectivity index (χ4n) is 2.47. The van der Waals surface area contributed by atoms with E-state index in [1.807, 2.05) is 19.1 Å². The number of nitrogens with zero attached hydrogens (tertiary/aromatic N) is 2. The number of benzene rings is 2. The van der Waals surface area contributed by atoms with E-state index in [0.29, 0.717) is 23.0 Å². The van der Waals surface area contributed by atoms with Gasteiger partial charge in [-0.2, -0.15) is 4.98 Å². The Hall–Kier alpha value is -3.68. The van der Waals surface area contributed by atoms with Gasteiger partial charge in [0.1, 0.15) is 5.75 Å². The first-order valence-electron chi connectivity index (χ1n) is 8.77. The molecule has 144 valence electrons. The molecule has 3 aromatic rings. The van der Waals surface area contributed by atoms with Crippen molar-refractivity contribution in [3.63, 3.8) is 0 Å². The summed E-state index contributed by atoms with van der Waals surface area (Å²) < 4.78 is 10.5. The van der Waals surface area contributed by atoms with Crippen LogP contribution in [0.2, 0.25) is 0 Å². The van der Waals surface area contributed by atoms with Crippen molar-refractivity contribution in [1.82, 2.24) is 21.0 Å². The molecule has 3 rings (SSSR count). The molecule has 2 N–H and O–H groups in total. The van der Waals surface area contributed by atoms with Crippen LogP contribution in [0.3, 0.4) is 0 Å². The van der Waals surface area contributed by atoms with E-state index >= 15 is 0 Å². The molecule has 0 radical (unpaired) electrons. The zero-order valence-corrected chi connectivity index (χ0v) is 15.6. The third-order valence-corrected chi connectivity index (χ3v) is 3.97. The molecule has 1 aromatic heterocycles. The van der Waals surface area contributed by atoms with Crippen molar-refractivity contribution >= 4 is 11.8 Å². The van der Waals surface area contributed by atoms with Crippen LogP contribution >= 0.6 is 0 Å². The number of aromatic nitrogens is 2. The molecule has 0 atom stereocenters. The Morgan fingerprint density at radius 2 is 1.75 bits per heavy atom. The number of hydrazine groups is 1. The molecular formula is C20H20N4O4. The number of aryl methyl sites for hydroxylation is 2. The molecule has 0 unspecified atom stereocenters. The molecule has 2 amide bonds. The van der Waals surface area contributed by atoms with Crippen molar-refractivity contribution in [3.8, 4) is 5.75 Å². The van der Waals surface area contributed by atoms with E-state index in [2.05, 4.69) is 21.0 Å². The number of rotatable bonds is 6. The van der Waals surface area contributed by atoms with E-state index in [1.165, 1.54) is 0 Å². The first kappa shape index (κ1) is 19.1. The third-order valence-electron chi connectivity index (χ3n) is 3.97. The first-order chi connectivity index (χ1) is 13.6. The van der Waals surface area contributed by atoms with Gasteiger partial charge in [-0.05, 0) is 36.2 Å². The Morgan fingerprint density at radius 1 is 1.04 bits per heavy atom. The van der Waals surface area contributed by atoms with Crippen LogP contribution in [-0.2, 0) is 13.0 Å². The molecule has 0 aliphatic heterocycles. The highest BCUT2D eigenvalue weighted by atomic mass is 16.5. The SMILES string of the molecule is CCc1ccc(C(=O)NNC(=O)c2ccccc2OCc2noc(C)n2)cc1. The van der Waals surface area contributed by atoms with Crippen LogP contribution < -0.4 is 15.6 Å². The zero-order chi connectivity index (χ0) is 19.9. The molecule has 0 fully saturated rings. The minimum Gasteiger partial charge on any atom is -0.485 e. The van der Waals surface area contributed by atoms with E-state index in [0.717, 1.165) is 12.0 Å². The van der Waals surface area contributed by atoms with Gasteiger partial charge in [0.05, 0.1) is 5.56 Å². The second-order valence-electron chi connectivity index (χ2n) is 5.97. The number of para-hydroxylation sites is 1. The largest absolute Gasteiger partial charge is 0.485 e. The Morgan fingerprint density at radius 3 is 2.43 bits per heavy atom. The van der Waals surface area contributed by atoms with E-state index in [1.54, 1.807) is 43.3 Å². The lowest BCUT2D eigenvalue weighted by atomic mass is 10.1. The molecule has 0 aliphatic rings. The Balaban J connectivity index is 1.61.